The number of Topliss-reactive ketones (excluding diaryl/α,β-unsaturated/α-hetero) is 2. The summed E-state index contributed by atoms with van der Waals surface area (Å²) in [6.07, 6.45) is 2.23. The van der Waals surface area contributed by atoms with Crippen LogP contribution in [0.4, 0.5) is 13.2 Å². The number of hydrogen-bond donors (Lipinski definition) is 1. The van der Waals surface area contributed by atoms with Crippen molar-refractivity contribution in [1.82, 2.24) is 5.32 Å². The lowest BCUT2D eigenvalue weighted by atomic mass is 9.32. The maximum Gasteiger partial charge on any atom is 0.405 e. The molecule has 5 nitrogen and oxygen atoms in total. The molecule has 0 spiro atoms. The van der Waals surface area contributed by atoms with Gasteiger partial charge in [-0.3, -0.25) is 14.4 Å². The van der Waals surface area contributed by atoms with Crippen LogP contribution in [0.25, 0.3) is 0 Å². The number of nitrogens with one attached hydrogen (secondary N) is 1. The SMILES string of the molecule is CC1C(=O)C(C#N)=CC2(C)C1CCC1(C)C2CC(=O)C2C3CC(C)(C)CCC3(C(=O)NCC(F)(F)F)CCC21C. The number of amides is 1. The van der Waals surface area contributed by atoms with Crippen molar-refractivity contribution in [3.05, 3.63) is 11.6 Å². The molecule has 0 aliphatic heterocycles. The lowest BCUT2D eigenvalue weighted by molar-refractivity contribution is -0.219. The number of alkyl halides is 3. The second-order valence-electron chi connectivity index (χ2n) is 15.3. The Balaban J connectivity index is 1.58. The van der Waals surface area contributed by atoms with E-state index < -0.39 is 40.8 Å². The van der Waals surface area contributed by atoms with E-state index in [1.54, 1.807) is 0 Å². The van der Waals surface area contributed by atoms with Gasteiger partial charge >= 0.3 is 6.18 Å². The van der Waals surface area contributed by atoms with Crippen molar-refractivity contribution < 1.29 is 27.6 Å². The molecule has 0 bridgehead atoms. The van der Waals surface area contributed by atoms with Crippen LogP contribution in [0.3, 0.4) is 0 Å². The number of hydrogen-bond acceptors (Lipinski definition) is 4. The highest BCUT2D eigenvalue weighted by atomic mass is 19.4. The van der Waals surface area contributed by atoms with E-state index in [1.807, 2.05) is 13.0 Å². The fourth-order valence-corrected chi connectivity index (χ4v) is 10.7. The van der Waals surface area contributed by atoms with Gasteiger partial charge in [0.1, 0.15) is 18.4 Å². The first kappa shape index (κ1) is 29.3. The molecule has 9 atom stereocenters. The Hall–Kier alpha value is -2.17. The van der Waals surface area contributed by atoms with Gasteiger partial charge in [0.25, 0.3) is 0 Å². The molecule has 1 N–H and O–H groups in total. The molecule has 4 fully saturated rings. The van der Waals surface area contributed by atoms with Crippen LogP contribution in [0.1, 0.15) is 92.9 Å². The summed E-state index contributed by atoms with van der Waals surface area (Å²) in [5.41, 5.74) is -2.14. The van der Waals surface area contributed by atoms with Crippen molar-refractivity contribution >= 4 is 17.5 Å². The van der Waals surface area contributed by atoms with Crippen LogP contribution in [0.5, 0.6) is 0 Å². The highest BCUT2D eigenvalue weighted by Crippen LogP contribution is 2.75. The quantitative estimate of drug-likeness (QED) is 0.414. The van der Waals surface area contributed by atoms with Crippen molar-refractivity contribution in [3.8, 4) is 6.07 Å². The van der Waals surface area contributed by atoms with E-state index in [0.29, 0.717) is 32.1 Å². The van der Waals surface area contributed by atoms with Gasteiger partial charge in [0.05, 0.1) is 11.0 Å². The number of nitrogens with zero attached hydrogens (tertiary/aromatic N) is 1. The molecule has 5 aliphatic rings. The number of nitriles is 1. The smallest absolute Gasteiger partial charge is 0.346 e. The Kier molecular flexibility index (Phi) is 6.54. The molecule has 40 heavy (non-hydrogen) atoms. The predicted octanol–water partition coefficient (Wildman–Crippen LogP) is 6.57. The first-order valence-electron chi connectivity index (χ1n) is 14.9. The molecule has 4 saturated carbocycles. The third-order valence-corrected chi connectivity index (χ3v) is 13.0. The van der Waals surface area contributed by atoms with Gasteiger partial charge in [0.2, 0.25) is 5.91 Å². The first-order chi connectivity index (χ1) is 18.4. The second kappa shape index (κ2) is 8.91. The molecule has 0 radical (unpaired) electrons. The topological polar surface area (TPSA) is 87.0 Å². The predicted molar refractivity (Wildman–Crippen MR) is 143 cm³/mol. The molecule has 0 saturated heterocycles. The number of allylic oxidation sites excluding steroid dienone is 2. The van der Waals surface area contributed by atoms with Gasteiger partial charge in [-0.1, -0.05) is 47.6 Å². The van der Waals surface area contributed by atoms with Crippen molar-refractivity contribution in [2.75, 3.05) is 6.54 Å². The van der Waals surface area contributed by atoms with Gasteiger partial charge < -0.3 is 5.32 Å². The molecule has 5 aliphatic carbocycles. The number of ketones is 2. The average molecular weight is 561 g/mol. The Labute approximate surface area is 235 Å². The summed E-state index contributed by atoms with van der Waals surface area (Å²) < 4.78 is 39.4. The molecule has 0 aromatic rings. The van der Waals surface area contributed by atoms with Crippen molar-refractivity contribution in [1.29, 1.82) is 5.26 Å². The minimum Gasteiger partial charge on any atom is -0.346 e. The van der Waals surface area contributed by atoms with E-state index >= 15 is 0 Å². The summed E-state index contributed by atoms with van der Waals surface area (Å²) in [5.74, 6) is -1.61. The van der Waals surface area contributed by atoms with Gasteiger partial charge in [-0.2, -0.15) is 18.4 Å². The standard InChI is InChI=1S/C32H43F3N2O3/c1-18-20-7-8-29(5)23(28(20,4)14-19(16-36)25(18)39)13-22(38)24-21-15-27(2,3)9-11-31(21,12-10-30(24,29)6)26(40)37-17-32(33,34)35/h14,18,20-21,23-24H,7-13,15,17H2,1-6H3,(H,37,40). The zero-order valence-electron chi connectivity index (χ0n) is 24.6. The zero-order chi connectivity index (χ0) is 29.7. The monoisotopic (exact) mass is 560 g/mol. The van der Waals surface area contributed by atoms with Crippen LogP contribution in [-0.4, -0.2) is 30.2 Å². The Morgan fingerprint density at radius 1 is 1.02 bits per heavy atom. The molecule has 1 amide bonds. The number of rotatable bonds is 2. The highest BCUT2D eigenvalue weighted by Gasteiger charge is 2.72. The van der Waals surface area contributed by atoms with Gasteiger partial charge in [-0.15, -0.1) is 0 Å². The van der Waals surface area contributed by atoms with Crippen molar-refractivity contribution in [2.45, 2.75) is 99.1 Å². The molecule has 0 aromatic heterocycles. The lowest BCUT2D eigenvalue weighted by Gasteiger charge is -2.71. The minimum atomic E-state index is -4.50. The Morgan fingerprint density at radius 3 is 2.30 bits per heavy atom. The van der Waals surface area contributed by atoms with Gasteiger partial charge in [-0.05, 0) is 84.4 Å². The van der Waals surface area contributed by atoms with Crippen LogP contribution in [0.2, 0.25) is 0 Å². The zero-order valence-corrected chi connectivity index (χ0v) is 24.6. The van der Waals surface area contributed by atoms with Gasteiger partial charge in [0, 0.05) is 18.3 Å². The van der Waals surface area contributed by atoms with E-state index in [9.17, 15) is 32.8 Å². The first-order valence-corrected chi connectivity index (χ1v) is 14.9. The molecule has 220 valence electrons. The molecular weight excluding hydrogens is 517 g/mol. The van der Waals surface area contributed by atoms with Gasteiger partial charge in [0.15, 0.2) is 5.78 Å². The van der Waals surface area contributed by atoms with E-state index in [2.05, 4.69) is 46.0 Å². The van der Waals surface area contributed by atoms with E-state index in [0.717, 1.165) is 19.3 Å². The molecule has 9 unspecified atom stereocenters. The fraction of sp³-hybridized carbons (Fsp3) is 0.812. The largest absolute Gasteiger partial charge is 0.405 e. The van der Waals surface area contributed by atoms with Crippen molar-refractivity contribution in [3.63, 3.8) is 0 Å². The number of carbonyl (C=O) groups excluding carboxylic acids is 3. The maximum atomic E-state index is 14.4. The summed E-state index contributed by atoms with van der Waals surface area (Å²) in [5, 5.41) is 12.0. The summed E-state index contributed by atoms with van der Waals surface area (Å²) in [7, 11) is 0. The maximum absolute atomic E-state index is 14.4. The summed E-state index contributed by atoms with van der Waals surface area (Å²) in [4.78, 5) is 41.0. The Bertz CT molecular complexity index is 1220. The summed E-state index contributed by atoms with van der Waals surface area (Å²) in [6, 6.07) is 2.12. The normalized spacial score (nSPS) is 46.1. The van der Waals surface area contributed by atoms with Crippen LogP contribution >= 0.6 is 0 Å². The van der Waals surface area contributed by atoms with E-state index in [4.69, 9.17) is 0 Å². The van der Waals surface area contributed by atoms with Crippen LogP contribution in [0, 0.1) is 68.0 Å². The van der Waals surface area contributed by atoms with Crippen LogP contribution in [0.15, 0.2) is 11.6 Å². The molecule has 0 aromatic carbocycles. The fourth-order valence-electron chi connectivity index (χ4n) is 10.7. The van der Waals surface area contributed by atoms with Crippen LogP contribution < -0.4 is 5.32 Å². The summed E-state index contributed by atoms with van der Waals surface area (Å²) >= 11 is 0. The molecule has 5 rings (SSSR count). The molecular formula is C32H43F3N2O3. The van der Waals surface area contributed by atoms with E-state index in [-0.39, 0.29) is 51.6 Å². The summed E-state index contributed by atoms with van der Waals surface area (Å²) in [6.45, 7) is 11.4. The molecule has 0 heterocycles. The average Bonchev–Trinajstić information content (AvgIpc) is 2.85. The molecule has 8 heteroatoms. The highest BCUT2D eigenvalue weighted by molar-refractivity contribution is 6.02. The van der Waals surface area contributed by atoms with Crippen LogP contribution in [-0.2, 0) is 14.4 Å². The minimum absolute atomic E-state index is 0.0487. The lowest BCUT2D eigenvalue weighted by Crippen LogP contribution is -2.69. The third kappa shape index (κ3) is 3.96. The van der Waals surface area contributed by atoms with Gasteiger partial charge in [-0.25, -0.2) is 0 Å². The third-order valence-electron chi connectivity index (χ3n) is 13.0. The number of carbonyl (C=O) groups is 3. The number of halogens is 3. The second-order valence-corrected chi connectivity index (χ2v) is 15.3. The van der Waals surface area contributed by atoms with Crippen molar-refractivity contribution in [2.24, 2.45) is 56.7 Å². The number of fused-ring (bicyclic) bond motifs is 7. The Morgan fingerprint density at radius 2 is 1.68 bits per heavy atom. The van der Waals surface area contributed by atoms with E-state index in [1.165, 1.54) is 0 Å².